The fourth-order valence-electron chi connectivity index (χ4n) is 3.08. The summed E-state index contributed by atoms with van der Waals surface area (Å²) in [7, 11) is 0. The second-order valence-corrected chi connectivity index (χ2v) is 7.56. The SMILES string of the molecule is O=C(Nc1c(-c2ccc(F)cc2)ncn1Cc1ccccc1)c1cc(Br)ccc1F. The molecule has 0 spiro atoms. The fourth-order valence-corrected chi connectivity index (χ4v) is 3.44. The number of aromatic nitrogens is 2. The Kier molecular flexibility index (Phi) is 5.72. The van der Waals surface area contributed by atoms with Crippen molar-refractivity contribution in [2.45, 2.75) is 6.54 Å². The quantitative estimate of drug-likeness (QED) is 0.397. The summed E-state index contributed by atoms with van der Waals surface area (Å²) in [6.07, 6.45) is 1.60. The highest BCUT2D eigenvalue weighted by Crippen LogP contribution is 2.28. The van der Waals surface area contributed by atoms with Crippen molar-refractivity contribution >= 4 is 27.7 Å². The normalized spacial score (nSPS) is 10.8. The van der Waals surface area contributed by atoms with Crippen LogP contribution in [0.5, 0.6) is 0 Å². The van der Waals surface area contributed by atoms with Crippen LogP contribution in [0.2, 0.25) is 0 Å². The first-order valence-corrected chi connectivity index (χ1v) is 9.92. The first kappa shape index (κ1) is 20.0. The summed E-state index contributed by atoms with van der Waals surface area (Å²) >= 11 is 3.26. The highest BCUT2D eigenvalue weighted by Gasteiger charge is 2.19. The monoisotopic (exact) mass is 467 g/mol. The molecule has 4 nitrogen and oxygen atoms in total. The first-order valence-electron chi connectivity index (χ1n) is 9.12. The smallest absolute Gasteiger partial charge is 0.259 e. The number of amides is 1. The number of anilines is 1. The molecular formula is C23H16BrF2N3O. The standard InChI is InChI=1S/C23H16BrF2N3O/c24-17-8-11-20(26)19(12-17)23(30)28-22-21(16-6-9-18(25)10-7-16)27-14-29(22)13-15-4-2-1-3-5-15/h1-12,14H,13H2,(H,28,30). The number of nitrogens with zero attached hydrogens (tertiary/aromatic N) is 2. The fraction of sp³-hybridized carbons (Fsp3) is 0.0435. The number of rotatable bonds is 5. The summed E-state index contributed by atoms with van der Waals surface area (Å²) in [5.41, 5.74) is 2.01. The van der Waals surface area contributed by atoms with Gasteiger partial charge in [-0.05, 0) is 48.0 Å². The number of imidazole rings is 1. The molecular weight excluding hydrogens is 452 g/mol. The topological polar surface area (TPSA) is 46.9 Å². The minimum atomic E-state index is -0.631. The van der Waals surface area contributed by atoms with E-state index in [1.807, 2.05) is 30.3 Å². The molecule has 4 aromatic rings. The lowest BCUT2D eigenvalue weighted by Gasteiger charge is -2.13. The molecule has 7 heteroatoms. The second-order valence-electron chi connectivity index (χ2n) is 6.64. The highest BCUT2D eigenvalue weighted by molar-refractivity contribution is 9.10. The van der Waals surface area contributed by atoms with Gasteiger partial charge in [-0.25, -0.2) is 13.8 Å². The van der Waals surface area contributed by atoms with E-state index in [1.165, 1.54) is 30.3 Å². The van der Waals surface area contributed by atoms with Gasteiger partial charge in [0, 0.05) is 10.0 Å². The van der Waals surface area contributed by atoms with Gasteiger partial charge >= 0.3 is 0 Å². The Balaban J connectivity index is 1.74. The molecule has 0 aliphatic carbocycles. The zero-order chi connectivity index (χ0) is 21.1. The van der Waals surface area contributed by atoms with Crippen LogP contribution in [0.4, 0.5) is 14.6 Å². The van der Waals surface area contributed by atoms with E-state index in [4.69, 9.17) is 0 Å². The number of hydrogen-bond acceptors (Lipinski definition) is 2. The van der Waals surface area contributed by atoms with Crippen LogP contribution >= 0.6 is 15.9 Å². The lowest BCUT2D eigenvalue weighted by molar-refractivity contribution is 0.102. The minimum Gasteiger partial charge on any atom is -0.312 e. The number of nitrogens with one attached hydrogen (secondary N) is 1. The van der Waals surface area contributed by atoms with Gasteiger partial charge < -0.3 is 9.88 Å². The van der Waals surface area contributed by atoms with Crippen LogP contribution in [0.3, 0.4) is 0 Å². The molecule has 30 heavy (non-hydrogen) atoms. The molecule has 0 radical (unpaired) electrons. The van der Waals surface area contributed by atoms with Crippen molar-refractivity contribution < 1.29 is 13.6 Å². The lowest BCUT2D eigenvalue weighted by Crippen LogP contribution is -2.17. The maximum atomic E-state index is 14.2. The van der Waals surface area contributed by atoms with Gasteiger partial charge in [0.1, 0.15) is 23.1 Å². The van der Waals surface area contributed by atoms with Gasteiger partial charge in [0.05, 0.1) is 18.4 Å². The van der Waals surface area contributed by atoms with Crippen LogP contribution in [-0.4, -0.2) is 15.5 Å². The van der Waals surface area contributed by atoms with Crippen molar-refractivity contribution in [1.82, 2.24) is 9.55 Å². The molecule has 0 fully saturated rings. The molecule has 1 heterocycles. The molecule has 0 aliphatic rings. The van der Waals surface area contributed by atoms with E-state index in [0.717, 1.165) is 5.56 Å². The molecule has 1 amide bonds. The molecule has 0 aliphatic heterocycles. The highest BCUT2D eigenvalue weighted by atomic mass is 79.9. The van der Waals surface area contributed by atoms with E-state index in [9.17, 15) is 13.6 Å². The van der Waals surface area contributed by atoms with Gasteiger partial charge in [0.2, 0.25) is 0 Å². The van der Waals surface area contributed by atoms with Crippen LogP contribution in [-0.2, 0) is 6.54 Å². The molecule has 0 saturated heterocycles. The third-order valence-corrected chi connectivity index (χ3v) is 5.05. The Morgan fingerprint density at radius 1 is 1.00 bits per heavy atom. The maximum Gasteiger partial charge on any atom is 0.259 e. The number of carbonyl (C=O) groups excluding carboxylic acids is 1. The molecule has 4 rings (SSSR count). The van der Waals surface area contributed by atoms with Crippen LogP contribution in [0.15, 0.2) is 83.6 Å². The summed E-state index contributed by atoms with van der Waals surface area (Å²) in [6, 6.07) is 19.6. The van der Waals surface area contributed by atoms with Gasteiger partial charge in [0.15, 0.2) is 0 Å². The largest absolute Gasteiger partial charge is 0.312 e. The van der Waals surface area contributed by atoms with Gasteiger partial charge in [-0.3, -0.25) is 4.79 Å². The molecule has 0 atom stereocenters. The summed E-state index contributed by atoms with van der Waals surface area (Å²) in [5.74, 6) is -1.21. The molecule has 0 bridgehead atoms. The van der Waals surface area contributed by atoms with Gasteiger partial charge in [-0.2, -0.15) is 0 Å². The van der Waals surface area contributed by atoms with Crippen molar-refractivity contribution in [3.63, 3.8) is 0 Å². The molecule has 1 aromatic heterocycles. The third kappa shape index (κ3) is 4.31. The molecule has 1 N–H and O–H groups in total. The summed E-state index contributed by atoms with van der Waals surface area (Å²) in [4.78, 5) is 17.3. The predicted molar refractivity (Wildman–Crippen MR) is 115 cm³/mol. The van der Waals surface area contributed by atoms with Crippen molar-refractivity contribution in [3.05, 3.63) is 106 Å². The van der Waals surface area contributed by atoms with Crippen LogP contribution < -0.4 is 5.32 Å². The van der Waals surface area contributed by atoms with Crippen molar-refractivity contribution in [1.29, 1.82) is 0 Å². The molecule has 0 unspecified atom stereocenters. The van der Waals surface area contributed by atoms with Crippen molar-refractivity contribution in [3.8, 4) is 11.3 Å². The van der Waals surface area contributed by atoms with E-state index >= 15 is 0 Å². The van der Waals surface area contributed by atoms with E-state index < -0.39 is 11.7 Å². The van der Waals surface area contributed by atoms with E-state index in [-0.39, 0.29) is 11.4 Å². The van der Waals surface area contributed by atoms with Gasteiger partial charge in [0.25, 0.3) is 5.91 Å². The summed E-state index contributed by atoms with van der Waals surface area (Å²) in [6.45, 7) is 0.450. The number of hydrogen-bond donors (Lipinski definition) is 1. The molecule has 3 aromatic carbocycles. The van der Waals surface area contributed by atoms with Gasteiger partial charge in [-0.1, -0.05) is 46.3 Å². The summed E-state index contributed by atoms with van der Waals surface area (Å²) < 4.78 is 29.9. The zero-order valence-corrected chi connectivity index (χ0v) is 17.2. The van der Waals surface area contributed by atoms with Crippen molar-refractivity contribution in [2.24, 2.45) is 0 Å². The minimum absolute atomic E-state index is 0.0955. The van der Waals surface area contributed by atoms with Crippen LogP contribution in [0.25, 0.3) is 11.3 Å². The summed E-state index contributed by atoms with van der Waals surface area (Å²) in [5, 5.41) is 2.78. The van der Waals surface area contributed by atoms with Crippen LogP contribution in [0.1, 0.15) is 15.9 Å². The Hall–Kier alpha value is -3.32. The van der Waals surface area contributed by atoms with E-state index in [2.05, 4.69) is 26.2 Å². The average Bonchev–Trinajstić information content (AvgIpc) is 3.13. The van der Waals surface area contributed by atoms with E-state index in [1.54, 1.807) is 23.0 Å². The van der Waals surface area contributed by atoms with Crippen molar-refractivity contribution in [2.75, 3.05) is 5.32 Å². The van der Waals surface area contributed by atoms with E-state index in [0.29, 0.717) is 28.1 Å². The second kappa shape index (κ2) is 8.59. The molecule has 150 valence electrons. The maximum absolute atomic E-state index is 14.2. The number of benzene rings is 3. The first-order chi connectivity index (χ1) is 14.5. The zero-order valence-electron chi connectivity index (χ0n) is 15.6. The Bertz CT molecular complexity index is 1190. The lowest BCUT2D eigenvalue weighted by atomic mass is 10.1. The average molecular weight is 468 g/mol. The predicted octanol–water partition coefficient (Wildman–Crippen LogP) is 5.89. The molecule has 0 saturated carbocycles. The third-order valence-electron chi connectivity index (χ3n) is 4.56. The Labute approximate surface area is 180 Å². The van der Waals surface area contributed by atoms with Crippen LogP contribution in [0, 0.1) is 11.6 Å². The Morgan fingerprint density at radius 3 is 2.47 bits per heavy atom. The number of halogens is 3. The Morgan fingerprint density at radius 2 is 1.73 bits per heavy atom. The number of carbonyl (C=O) groups is 1. The van der Waals surface area contributed by atoms with Gasteiger partial charge in [-0.15, -0.1) is 0 Å².